The Morgan fingerprint density at radius 3 is 1.89 bits per heavy atom. The van der Waals surface area contributed by atoms with Crippen molar-refractivity contribution >= 4 is 17.8 Å². The third-order valence-electron chi connectivity index (χ3n) is 4.19. The molecule has 1 saturated heterocycles. The smallest absolute Gasteiger partial charge is 0.327 e. The molecular formula is C14H21NO4. The molecule has 0 aromatic carbocycles. The number of hydrogen-bond acceptors (Lipinski definition) is 3. The fourth-order valence-electron chi connectivity index (χ4n) is 3.31. The molecule has 1 N–H and O–H groups in total. The Kier molecular flexibility index (Phi) is 3.41. The fourth-order valence-corrected chi connectivity index (χ4v) is 3.31. The minimum absolute atomic E-state index is 0.281. The van der Waals surface area contributed by atoms with Crippen molar-refractivity contribution in [2.45, 2.75) is 52.5 Å². The van der Waals surface area contributed by atoms with E-state index >= 15 is 0 Å². The molecule has 2 fully saturated rings. The molecular weight excluding hydrogens is 246 g/mol. The SMILES string of the molecule is CC(C)(C)C(C(=O)O)N1C(=O)C2CCCCC2C1=O. The van der Waals surface area contributed by atoms with Gasteiger partial charge >= 0.3 is 5.97 Å². The number of carbonyl (C=O) groups excluding carboxylic acids is 2. The molecule has 0 spiro atoms. The number of carbonyl (C=O) groups is 3. The Bertz CT molecular complexity index is 400. The van der Waals surface area contributed by atoms with Crippen molar-refractivity contribution in [2.75, 3.05) is 0 Å². The maximum atomic E-state index is 12.4. The number of rotatable bonds is 2. The summed E-state index contributed by atoms with van der Waals surface area (Å²) in [5.41, 5.74) is -0.662. The fraction of sp³-hybridized carbons (Fsp3) is 0.786. The summed E-state index contributed by atoms with van der Waals surface area (Å²) < 4.78 is 0. The third-order valence-corrected chi connectivity index (χ3v) is 4.19. The van der Waals surface area contributed by atoms with Gasteiger partial charge in [0.05, 0.1) is 11.8 Å². The molecule has 0 bridgehead atoms. The lowest BCUT2D eigenvalue weighted by Crippen LogP contribution is -2.52. The Labute approximate surface area is 113 Å². The van der Waals surface area contributed by atoms with Gasteiger partial charge in [0.1, 0.15) is 6.04 Å². The number of likely N-dealkylation sites (tertiary alicyclic amines) is 1. The maximum absolute atomic E-state index is 12.4. The summed E-state index contributed by atoms with van der Waals surface area (Å²) in [4.78, 5) is 37.3. The molecule has 0 radical (unpaired) electrons. The number of aliphatic carboxylic acids is 1. The molecule has 1 heterocycles. The highest BCUT2D eigenvalue weighted by Gasteiger charge is 2.54. The van der Waals surface area contributed by atoms with Gasteiger partial charge in [-0.15, -0.1) is 0 Å². The van der Waals surface area contributed by atoms with Crippen molar-refractivity contribution in [1.82, 2.24) is 4.90 Å². The molecule has 0 aromatic rings. The molecule has 2 amide bonds. The first-order chi connectivity index (χ1) is 8.75. The first-order valence-corrected chi connectivity index (χ1v) is 6.85. The second-order valence-electron chi connectivity index (χ2n) is 6.65. The van der Waals surface area contributed by atoms with Crippen LogP contribution >= 0.6 is 0 Å². The van der Waals surface area contributed by atoms with Crippen molar-refractivity contribution < 1.29 is 19.5 Å². The van der Waals surface area contributed by atoms with Gasteiger partial charge in [0.25, 0.3) is 0 Å². The number of amides is 2. The molecule has 2 aliphatic rings. The second kappa shape index (κ2) is 4.62. The average Bonchev–Trinajstić information content (AvgIpc) is 2.53. The van der Waals surface area contributed by atoms with Crippen LogP contribution in [0, 0.1) is 17.3 Å². The first kappa shape index (κ1) is 14.0. The van der Waals surface area contributed by atoms with Crippen LogP contribution in [0.3, 0.4) is 0 Å². The molecule has 2 rings (SSSR count). The van der Waals surface area contributed by atoms with E-state index < -0.39 is 17.4 Å². The summed E-state index contributed by atoms with van der Waals surface area (Å²) in [5.74, 6) is -2.24. The monoisotopic (exact) mass is 267 g/mol. The van der Waals surface area contributed by atoms with Crippen molar-refractivity contribution in [3.63, 3.8) is 0 Å². The molecule has 1 saturated carbocycles. The van der Waals surface area contributed by atoms with E-state index in [1.54, 1.807) is 20.8 Å². The number of fused-ring (bicyclic) bond motifs is 1. The normalized spacial score (nSPS) is 29.3. The van der Waals surface area contributed by atoms with Crippen molar-refractivity contribution in [1.29, 1.82) is 0 Å². The Morgan fingerprint density at radius 2 is 1.58 bits per heavy atom. The van der Waals surface area contributed by atoms with E-state index in [4.69, 9.17) is 0 Å². The van der Waals surface area contributed by atoms with Crippen LogP contribution in [0.25, 0.3) is 0 Å². The summed E-state index contributed by atoms with van der Waals surface area (Å²) in [6, 6.07) is -1.07. The molecule has 3 unspecified atom stereocenters. The van der Waals surface area contributed by atoms with Crippen LogP contribution in [-0.2, 0) is 14.4 Å². The minimum atomic E-state index is -1.10. The van der Waals surface area contributed by atoms with Crippen LogP contribution in [0.5, 0.6) is 0 Å². The van der Waals surface area contributed by atoms with Gasteiger partial charge < -0.3 is 5.11 Å². The predicted octanol–water partition coefficient (Wildman–Crippen LogP) is 1.66. The van der Waals surface area contributed by atoms with Crippen molar-refractivity contribution in [2.24, 2.45) is 17.3 Å². The zero-order valence-electron chi connectivity index (χ0n) is 11.7. The molecule has 106 valence electrons. The lowest BCUT2D eigenvalue weighted by atomic mass is 9.81. The van der Waals surface area contributed by atoms with Crippen LogP contribution in [0.2, 0.25) is 0 Å². The molecule has 5 nitrogen and oxygen atoms in total. The number of carboxylic acid groups (broad SMARTS) is 1. The molecule has 1 aliphatic heterocycles. The maximum Gasteiger partial charge on any atom is 0.327 e. The van der Waals surface area contributed by atoms with Gasteiger partial charge in [-0.05, 0) is 18.3 Å². The van der Waals surface area contributed by atoms with Gasteiger partial charge in [-0.1, -0.05) is 33.6 Å². The van der Waals surface area contributed by atoms with Gasteiger partial charge in [-0.2, -0.15) is 0 Å². The molecule has 3 atom stereocenters. The van der Waals surface area contributed by atoms with E-state index in [1.807, 2.05) is 0 Å². The topological polar surface area (TPSA) is 74.7 Å². The second-order valence-corrected chi connectivity index (χ2v) is 6.65. The van der Waals surface area contributed by atoms with Crippen LogP contribution in [0.4, 0.5) is 0 Å². The zero-order chi connectivity index (χ0) is 14.4. The van der Waals surface area contributed by atoms with E-state index in [0.717, 1.165) is 17.7 Å². The van der Waals surface area contributed by atoms with Crippen molar-refractivity contribution in [3.05, 3.63) is 0 Å². The Hall–Kier alpha value is -1.39. The zero-order valence-corrected chi connectivity index (χ0v) is 11.7. The molecule has 19 heavy (non-hydrogen) atoms. The third kappa shape index (κ3) is 2.26. The van der Waals surface area contributed by atoms with E-state index in [9.17, 15) is 19.5 Å². The highest BCUT2D eigenvalue weighted by Crippen LogP contribution is 2.41. The van der Waals surface area contributed by atoms with E-state index in [1.165, 1.54) is 0 Å². The number of nitrogens with zero attached hydrogens (tertiary/aromatic N) is 1. The lowest BCUT2D eigenvalue weighted by molar-refractivity contribution is -0.159. The Morgan fingerprint density at radius 1 is 1.16 bits per heavy atom. The van der Waals surface area contributed by atoms with Gasteiger partial charge in [0.15, 0.2) is 0 Å². The number of carboxylic acids is 1. The summed E-state index contributed by atoms with van der Waals surface area (Å²) in [6.07, 6.45) is 3.31. The summed E-state index contributed by atoms with van der Waals surface area (Å²) in [7, 11) is 0. The summed E-state index contributed by atoms with van der Waals surface area (Å²) in [6.45, 7) is 5.23. The minimum Gasteiger partial charge on any atom is -0.480 e. The standard InChI is InChI=1S/C14H21NO4/c1-14(2,3)10(13(18)19)15-11(16)8-6-4-5-7-9(8)12(15)17/h8-10H,4-7H2,1-3H3,(H,18,19). The quantitative estimate of drug-likeness (QED) is 0.772. The molecule has 0 aromatic heterocycles. The largest absolute Gasteiger partial charge is 0.480 e. The molecule has 1 aliphatic carbocycles. The number of hydrogen-bond donors (Lipinski definition) is 1. The summed E-state index contributed by atoms with van der Waals surface area (Å²) in [5, 5.41) is 9.39. The lowest BCUT2D eigenvalue weighted by Gasteiger charge is -2.33. The number of imide groups is 1. The highest BCUT2D eigenvalue weighted by atomic mass is 16.4. The summed E-state index contributed by atoms with van der Waals surface area (Å²) >= 11 is 0. The molecule has 5 heteroatoms. The van der Waals surface area contributed by atoms with Crippen LogP contribution < -0.4 is 0 Å². The van der Waals surface area contributed by atoms with E-state index in [0.29, 0.717) is 12.8 Å². The van der Waals surface area contributed by atoms with E-state index in [2.05, 4.69) is 0 Å². The van der Waals surface area contributed by atoms with Gasteiger partial charge in [-0.3, -0.25) is 14.5 Å². The highest BCUT2D eigenvalue weighted by molar-refractivity contribution is 6.07. The first-order valence-electron chi connectivity index (χ1n) is 6.85. The van der Waals surface area contributed by atoms with Gasteiger partial charge in [-0.25, -0.2) is 4.79 Å². The van der Waals surface area contributed by atoms with Crippen LogP contribution in [0.15, 0.2) is 0 Å². The predicted molar refractivity (Wildman–Crippen MR) is 68.2 cm³/mol. The van der Waals surface area contributed by atoms with E-state index in [-0.39, 0.29) is 23.7 Å². The van der Waals surface area contributed by atoms with Crippen molar-refractivity contribution in [3.8, 4) is 0 Å². The average molecular weight is 267 g/mol. The Balaban J connectivity index is 2.35. The van der Waals surface area contributed by atoms with Crippen LogP contribution in [0.1, 0.15) is 46.5 Å². The van der Waals surface area contributed by atoms with Crippen LogP contribution in [-0.4, -0.2) is 33.8 Å². The van der Waals surface area contributed by atoms with Gasteiger partial charge in [0, 0.05) is 0 Å². The van der Waals surface area contributed by atoms with Gasteiger partial charge in [0.2, 0.25) is 11.8 Å².